The molecule has 4 nitrogen and oxygen atoms in total. The number of nitrogens with zero attached hydrogens (tertiary/aromatic N) is 1. The lowest BCUT2D eigenvalue weighted by atomic mass is 9.95. The summed E-state index contributed by atoms with van der Waals surface area (Å²) in [6, 6.07) is 9.22. The molecule has 6 heteroatoms. The molecule has 0 saturated carbocycles. The highest BCUT2D eigenvalue weighted by Crippen LogP contribution is 2.37. The molecule has 1 rings (SSSR count). The van der Waals surface area contributed by atoms with E-state index in [9.17, 15) is 4.79 Å². The summed E-state index contributed by atoms with van der Waals surface area (Å²) in [4.78, 5) is 16.5. The second kappa shape index (κ2) is 11.1. The number of hydrogen-bond donors (Lipinski definition) is 0. The number of allylic oxidation sites excluding steroid dienone is 1. The first-order valence-corrected chi connectivity index (χ1v) is 13.2. The zero-order valence-electron chi connectivity index (χ0n) is 17.6. The van der Waals surface area contributed by atoms with Gasteiger partial charge < -0.3 is 9.16 Å². The molecule has 0 spiro atoms. The largest absolute Gasteiger partial charge is 0.463 e. The van der Waals surface area contributed by atoms with Gasteiger partial charge >= 0.3 is 5.97 Å². The molecule has 1 aromatic heterocycles. The van der Waals surface area contributed by atoms with Crippen LogP contribution in [0.3, 0.4) is 0 Å². The summed E-state index contributed by atoms with van der Waals surface area (Å²) in [6.07, 6.45) is 3.45. The van der Waals surface area contributed by atoms with E-state index in [4.69, 9.17) is 14.1 Å². The number of pyridine rings is 1. The third-order valence-electron chi connectivity index (χ3n) is 5.30. The van der Waals surface area contributed by atoms with Crippen LogP contribution in [0.5, 0.6) is 0 Å². The smallest absolute Gasteiger partial charge is 0.333 e. The predicted octanol–water partition coefficient (Wildman–Crippen LogP) is 6.37. The Kier molecular flexibility index (Phi) is 9.91. The molecule has 27 heavy (non-hydrogen) atoms. The van der Waals surface area contributed by atoms with Crippen molar-refractivity contribution >= 4 is 30.2 Å². The van der Waals surface area contributed by atoms with E-state index >= 15 is 0 Å². The first-order chi connectivity index (χ1) is 12.8. The van der Waals surface area contributed by atoms with E-state index in [1.54, 1.807) is 6.92 Å². The van der Waals surface area contributed by atoms with Crippen LogP contribution < -0.4 is 0 Å². The summed E-state index contributed by atoms with van der Waals surface area (Å²) in [7, 11) is -1.83. The van der Waals surface area contributed by atoms with Crippen LogP contribution in [0.4, 0.5) is 0 Å². The van der Waals surface area contributed by atoms with E-state index in [1.165, 1.54) is 0 Å². The fourth-order valence-corrected chi connectivity index (χ4v) is 6.71. The quantitative estimate of drug-likeness (QED) is 0.168. The van der Waals surface area contributed by atoms with Crippen molar-refractivity contribution in [1.29, 1.82) is 0 Å². The number of rotatable bonds is 11. The highest BCUT2D eigenvalue weighted by molar-refractivity contribution is 9.10. The molecule has 0 amide bonds. The van der Waals surface area contributed by atoms with E-state index in [2.05, 4.69) is 43.6 Å². The molecule has 0 radical (unpaired) electrons. The van der Waals surface area contributed by atoms with E-state index in [0.29, 0.717) is 12.2 Å². The fourth-order valence-electron chi connectivity index (χ4n) is 3.27. The lowest BCUT2D eigenvalue weighted by Crippen LogP contribution is -2.44. The van der Waals surface area contributed by atoms with Gasteiger partial charge in [0.05, 0.1) is 17.9 Å². The Labute approximate surface area is 174 Å². The molecule has 0 N–H and O–H groups in total. The second-order valence-corrected chi connectivity index (χ2v) is 12.6. The normalized spacial score (nSPS) is 14.7. The molecule has 0 aliphatic carbocycles. The molecule has 0 bridgehead atoms. The van der Waals surface area contributed by atoms with Gasteiger partial charge in [-0.1, -0.05) is 32.9 Å². The molecule has 0 aliphatic rings. The average molecular weight is 456 g/mol. The molecule has 0 fully saturated rings. The monoisotopic (exact) mass is 455 g/mol. The van der Waals surface area contributed by atoms with E-state index in [1.807, 2.05) is 31.2 Å². The number of hydrogen-bond acceptors (Lipinski definition) is 4. The van der Waals surface area contributed by atoms with Crippen LogP contribution in [0.1, 0.15) is 60.1 Å². The van der Waals surface area contributed by atoms with Crippen molar-refractivity contribution in [2.45, 2.75) is 78.1 Å². The molecule has 1 atom stereocenters. The first-order valence-electron chi connectivity index (χ1n) is 9.92. The number of halogens is 1. The first kappa shape index (κ1) is 24.1. The minimum Gasteiger partial charge on any atom is -0.463 e. The molecule has 0 aliphatic heterocycles. The Morgan fingerprint density at radius 1 is 1.22 bits per heavy atom. The topological polar surface area (TPSA) is 48.4 Å². The van der Waals surface area contributed by atoms with Crippen LogP contribution in [0.15, 0.2) is 34.5 Å². The molecule has 0 unspecified atom stereocenters. The van der Waals surface area contributed by atoms with Gasteiger partial charge in [-0.2, -0.15) is 0 Å². The van der Waals surface area contributed by atoms with Gasteiger partial charge in [-0.05, 0) is 79.8 Å². The maximum atomic E-state index is 11.8. The number of aromatic nitrogens is 1. The Morgan fingerprint density at radius 3 is 2.37 bits per heavy atom. The minimum atomic E-state index is -1.83. The predicted molar refractivity (Wildman–Crippen MR) is 117 cm³/mol. The van der Waals surface area contributed by atoms with E-state index in [-0.39, 0.29) is 5.97 Å². The average Bonchev–Trinajstić information content (AvgIpc) is 2.66. The number of ether oxygens (including phenoxy) is 1. The molecule has 152 valence electrons. The standard InChI is InChI=1S/C21H34BrNO3Si/c1-7-25-20(24)17(5)13-12-16-21(6,18-14-11-15-19(22)23-18)26-27(8-2,9-3)10-4/h11,13-15H,7-10,12,16H2,1-6H3/b17-13-/t21-/m1/s1. The van der Waals surface area contributed by atoms with Crippen LogP contribution in [0, 0.1) is 0 Å². The maximum absolute atomic E-state index is 11.8. The SMILES string of the molecule is CCOC(=O)/C(C)=C\CC[C@@](C)(O[Si](CC)(CC)CC)c1cccc(Br)n1. The Hall–Kier alpha value is -0.983. The third kappa shape index (κ3) is 6.84. The fraction of sp³-hybridized carbons (Fsp3) is 0.619. The number of carbonyl (C=O) groups excluding carboxylic acids is 1. The number of carbonyl (C=O) groups is 1. The van der Waals surface area contributed by atoms with Gasteiger partial charge in [-0.15, -0.1) is 0 Å². The summed E-state index contributed by atoms with van der Waals surface area (Å²) in [5, 5.41) is 0. The zero-order valence-corrected chi connectivity index (χ0v) is 20.2. The van der Waals surface area contributed by atoms with Crippen LogP contribution >= 0.6 is 15.9 Å². The van der Waals surface area contributed by atoms with Gasteiger partial charge in [0, 0.05) is 5.57 Å². The minimum absolute atomic E-state index is 0.250. The van der Waals surface area contributed by atoms with Crippen LogP contribution in [-0.2, 0) is 19.6 Å². The zero-order chi connectivity index (χ0) is 20.5. The van der Waals surface area contributed by atoms with Crippen LogP contribution in [0.2, 0.25) is 18.1 Å². The van der Waals surface area contributed by atoms with E-state index < -0.39 is 13.9 Å². The molecule has 0 aromatic carbocycles. The Morgan fingerprint density at radius 2 is 1.85 bits per heavy atom. The highest BCUT2D eigenvalue weighted by atomic mass is 79.9. The maximum Gasteiger partial charge on any atom is 0.333 e. The van der Waals surface area contributed by atoms with Crippen molar-refractivity contribution in [3.8, 4) is 0 Å². The molecular formula is C21H34BrNO3Si. The third-order valence-corrected chi connectivity index (χ3v) is 10.5. The molecule has 1 heterocycles. The molecule has 0 saturated heterocycles. The summed E-state index contributed by atoms with van der Waals surface area (Å²) < 4.78 is 12.8. The van der Waals surface area contributed by atoms with Crippen molar-refractivity contribution in [2.75, 3.05) is 6.61 Å². The van der Waals surface area contributed by atoms with Crippen molar-refractivity contribution in [1.82, 2.24) is 4.98 Å². The summed E-state index contributed by atoms with van der Waals surface area (Å²) in [5.41, 5.74) is 1.10. The Balaban J connectivity index is 3.11. The lowest BCUT2D eigenvalue weighted by molar-refractivity contribution is -0.138. The van der Waals surface area contributed by atoms with Crippen molar-refractivity contribution in [2.24, 2.45) is 0 Å². The summed E-state index contributed by atoms with van der Waals surface area (Å²) in [6.45, 7) is 12.9. The van der Waals surface area contributed by atoms with Crippen molar-refractivity contribution in [3.05, 3.63) is 40.1 Å². The lowest BCUT2D eigenvalue weighted by Gasteiger charge is -2.40. The van der Waals surface area contributed by atoms with Crippen LogP contribution in [-0.4, -0.2) is 25.9 Å². The number of esters is 1. The second-order valence-electron chi connectivity index (χ2n) is 7.07. The molecule has 1 aromatic rings. The highest BCUT2D eigenvalue weighted by Gasteiger charge is 2.39. The van der Waals surface area contributed by atoms with Gasteiger partial charge in [0.2, 0.25) is 0 Å². The summed E-state index contributed by atoms with van der Waals surface area (Å²) >= 11 is 3.48. The summed E-state index contributed by atoms with van der Waals surface area (Å²) in [5.74, 6) is -0.250. The molecular weight excluding hydrogens is 422 g/mol. The van der Waals surface area contributed by atoms with Gasteiger partial charge in [0.25, 0.3) is 0 Å². The van der Waals surface area contributed by atoms with Crippen LogP contribution in [0.25, 0.3) is 0 Å². The van der Waals surface area contributed by atoms with Gasteiger partial charge in [-0.3, -0.25) is 0 Å². The van der Waals surface area contributed by atoms with Gasteiger partial charge in [0.1, 0.15) is 4.60 Å². The van der Waals surface area contributed by atoms with Gasteiger partial charge in [-0.25, -0.2) is 9.78 Å². The Bertz CT molecular complexity index is 638. The van der Waals surface area contributed by atoms with E-state index in [0.717, 1.165) is 41.3 Å². The van der Waals surface area contributed by atoms with Gasteiger partial charge in [0.15, 0.2) is 8.32 Å². The van der Waals surface area contributed by atoms with Crippen molar-refractivity contribution in [3.63, 3.8) is 0 Å². The van der Waals surface area contributed by atoms with Crippen molar-refractivity contribution < 1.29 is 14.0 Å².